The molecular weight excluding hydrogens is 202 g/mol. The first-order valence-electron chi connectivity index (χ1n) is 5.35. The molecule has 88 valence electrons. The molecule has 0 saturated heterocycles. The Morgan fingerprint density at radius 3 is 2.44 bits per heavy atom. The lowest BCUT2D eigenvalue weighted by Crippen LogP contribution is -2.24. The van der Waals surface area contributed by atoms with E-state index >= 15 is 0 Å². The second-order valence-corrected chi connectivity index (χ2v) is 4.89. The minimum absolute atomic E-state index is 0.0446. The number of rotatable bonds is 1. The van der Waals surface area contributed by atoms with Crippen molar-refractivity contribution >= 4 is 6.09 Å². The number of carbonyl (C=O) groups is 1. The van der Waals surface area contributed by atoms with Gasteiger partial charge in [0.25, 0.3) is 0 Å². The number of aryl methyl sites for hydroxylation is 1. The topological polar surface area (TPSA) is 38.3 Å². The van der Waals surface area contributed by atoms with Crippen molar-refractivity contribution < 1.29 is 9.53 Å². The monoisotopic (exact) mass is 221 g/mol. The van der Waals surface area contributed by atoms with Crippen molar-refractivity contribution in [3.63, 3.8) is 0 Å². The molecule has 0 aliphatic heterocycles. The molecule has 0 radical (unpaired) electrons. The van der Waals surface area contributed by atoms with Gasteiger partial charge in [0, 0.05) is 12.6 Å². The molecule has 0 bridgehead atoms. The van der Waals surface area contributed by atoms with E-state index in [-0.39, 0.29) is 5.41 Å². The molecular formula is C13H19NO2. The number of benzene rings is 1. The van der Waals surface area contributed by atoms with Gasteiger partial charge in [-0.25, -0.2) is 4.79 Å². The number of hydrogen-bond donors (Lipinski definition) is 1. The highest BCUT2D eigenvalue weighted by Gasteiger charge is 2.20. The van der Waals surface area contributed by atoms with Gasteiger partial charge in [-0.3, -0.25) is 0 Å². The van der Waals surface area contributed by atoms with E-state index in [0.717, 1.165) is 11.1 Å². The predicted octanol–water partition coefficient (Wildman–Crippen LogP) is 3.01. The fourth-order valence-corrected chi connectivity index (χ4v) is 1.48. The van der Waals surface area contributed by atoms with Gasteiger partial charge in [0.2, 0.25) is 0 Å². The van der Waals surface area contributed by atoms with E-state index in [1.54, 1.807) is 7.05 Å². The van der Waals surface area contributed by atoms with Crippen molar-refractivity contribution in [3.05, 3.63) is 29.3 Å². The van der Waals surface area contributed by atoms with Crippen LogP contribution in [0.2, 0.25) is 0 Å². The third-order valence-corrected chi connectivity index (χ3v) is 2.35. The molecule has 0 fully saturated rings. The molecule has 16 heavy (non-hydrogen) atoms. The van der Waals surface area contributed by atoms with Crippen LogP contribution in [0.15, 0.2) is 18.2 Å². The van der Waals surface area contributed by atoms with E-state index in [0.29, 0.717) is 5.75 Å². The number of ether oxygens (including phenoxy) is 1. The van der Waals surface area contributed by atoms with Gasteiger partial charge in [-0.05, 0) is 24.0 Å². The summed E-state index contributed by atoms with van der Waals surface area (Å²) >= 11 is 0. The van der Waals surface area contributed by atoms with Crippen LogP contribution in [0.1, 0.15) is 31.9 Å². The number of amides is 1. The third kappa shape index (κ3) is 2.99. The maximum Gasteiger partial charge on any atom is 0.412 e. The van der Waals surface area contributed by atoms with Crippen LogP contribution in [0.3, 0.4) is 0 Å². The summed E-state index contributed by atoms with van der Waals surface area (Å²) in [6.45, 7) is 8.25. The minimum atomic E-state index is -0.434. The second kappa shape index (κ2) is 4.56. The van der Waals surface area contributed by atoms with Crippen LogP contribution in [0.4, 0.5) is 4.79 Å². The van der Waals surface area contributed by atoms with Gasteiger partial charge < -0.3 is 10.1 Å². The normalized spacial score (nSPS) is 11.1. The van der Waals surface area contributed by atoms with E-state index < -0.39 is 6.09 Å². The van der Waals surface area contributed by atoms with Crippen molar-refractivity contribution in [1.29, 1.82) is 0 Å². The molecule has 0 aromatic heterocycles. The lowest BCUT2D eigenvalue weighted by atomic mass is 9.86. The van der Waals surface area contributed by atoms with E-state index in [1.807, 2.05) is 25.1 Å². The molecule has 0 unspecified atom stereocenters. The summed E-state index contributed by atoms with van der Waals surface area (Å²) in [4.78, 5) is 11.2. The zero-order chi connectivity index (χ0) is 12.3. The maximum absolute atomic E-state index is 11.2. The molecule has 1 aromatic carbocycles. The summed E-state index contributed by atoms with van der Waals surface area (Å²) in [6, 6.07) is 5.92. The van der Waals surface area contributed by atoms with Gasteiger partial charge in [0.1, 0.15) is 5.75 Å². The summed E-state index contributed by atoms with van der Waals surface area (Å²) in [5, 5.41) is 2.45. The summed E-state index contributed by atoms with van der Waals surface area (Å²) in [5.74, 6) is 0.631. The van der Waals surface area contributed by atoms with Crippen molar-refractivity contribution in [2.45, 2.75) is 33.1 Å². The molecule has 0 aliphatic rings. The lowest BCUT2D eigenvalue weighted by Gasteiger charge is -2.22. The Balaban J connectivity index is 3.13. The summed E-state index contributed by atoms with van der Waals surface area (Å²) in [5.41, 5.74) is 2.06. The molecule has 0 atom stereocenters. The summed E-state index contributed by atoms with van der Waals surface area (Å²) < 4.78 is 5.25. The van der Waals surface area contributed by atoms with Crippen molar-refractivity contribution in [3.8, 4) is 5.75 Å². The fourth-order valence-electron chi connectivity index (χ4n) is 1.48. The van der Waals surface area contributed by atoms with Crippen molar-refractivity contribution in [2.75, 3.05) is 7.05 Å². The van der Waals surface area contributed by atoms with Gasteiger partial charge in [-0.2, -0.15) is 0 Å². The predicted molar refractivity (Wildman–Crippen MR) is 65.0 cm³/mol. The molecule has 3 heteroatoms. The molecule has 0 saturated carbocycles. The number of carbonyl (C=O) groups excluding carboxylic acids is 1. The molecule has 0 spiro atoms. The molecule has 1 rings (SSSR count). The largest absolute Gasteiger partial charge is 0.412 e. The lowest BCUT2D eigenvalue weighted by molar-refractivity contribution is 0.202. The van der Waals surface area contributed by atoms with Crippen LogP contribution in [0.25, 0.3) is 0 Å². The molecule has 1 N–H and O–H groups in total. The summed E-state index contributed by atoms with van der Waals surface area (Å²) in [7, 11) is 1.55. The Bertz CT molecular complexity index is 391. The highest BCUT2D eigenvalue weighted by molar-refractivity contribution is 5.70. The number of nitrogens with one attached hydrogen (secondary N) is 1. The summed E-state index contributed by atoms with van der Waals surface area (Å²) in [6.07, 6.45) is -0.434. The first-order valence-corrected chi connectivity index (χ1v) is 5.35. The van der Waals surface area contributed by atoms with Crippen LogP contribution in [0.5, 0.6) is 5.75 Å². The van der Waals surface area contributed by atoms with E-state index in [4.69, 9.17) is 4.74 Å². The van der Waals surface area contributed by atoms with Gasteiger partial charge in [0.05, 0.1) is 0 Å². The zero-order valence-corrected chi connectivity index (χ0v) is 10.5. The highest BCUT2D eigenvalue weighted by atomic mass is 16.6. The Hall–Kier alpha value is -1.51. The SMILES string of the molecule is CNC(=O)Oc1cc(C)ccc1C(C)(C)C. The standard InChI is InChI=1S/C13H19NO2/c1-9-6-7-10(13(2,3)4)11(8-9)16-12(15)14-5/h6-8H,1-5H3,(H,14,15). The van der Waals surface area contributed by atoms with Crippen LogP contribution < -0.4 is 10.1 Å². The van der Waals surface area contributed by atoms with E-state index in [1.165, 1.54) is 0 Å². The number of hydrogen-bond acceptors (Lipinski definition) is 2. The Kier molecular flexibility index (Phi) is 3.58. The van der Waals surface area contributed by atoms with Gasteiger partial charge in [0.15, 0.2) is 0 Å². The van der Waals surface area contributed by atoms with Gasteiger partial charge in [-0.15, -0.1) is 0 Å². The molecule has 3 nitrogen and oxygen atoms in total. The van der Waals surface area contributed by atoms with Gasteiger partial charge >= 0.3 is 6.09 Å². The zero-order valence-electron chi connectivity index (χ0n) is 10.5. The Morgan fingerprint density at radius 2 is 1.94 bits per heavy atom. The van der Waals surface area contributed by atoms with Crippen molar-refractivity contribution in [1.82, 2.24) is 5.32 Å². The van der Waals surface area contributed by atoms with Gasteiger partial charge in [-0.1, -0.05) is 32.9 Å². The highest BCUT2D eigenvalue weighted by Crippen LogP contribution is 2.32. The quantitative estimate of drug-likeness (QED) is 0.791. The molecule has 1 amide bonds. The third-order valence-electron chi connectivity index (χ3n) is 2.35. The maximum atomic E-state index is 11.2. The molecule has 1 aromatic rings. The average Bonchev–Trinajstić information content (AvgIpc) is 2.15. The van der Waals surface area contributed by atoms with E-state index in [9.17, 15) is 4.79 Å². The minimum Gasteiger partial charge on any atom is -0.410 e. The van der Waals surface area contributed by atoms with Crippen molar-refractivity contribution in [2.24, 2.45) is 0 Å². The Labute approximate surface area is 96.8 Å². The fraction of sp³-hybridized carbons (Fsp3) is 0.462. The Morgan fingerprint density at radius 1 is 1.31 bits per heavy atom. The van der Waals surface area contributed by atoms with Crippen LogP contribution >= 0.6 is 0 Å². The molecule has 0 aliphatic carbocycles. The van der Waals surface area contributed by atoms with Crippen LogP contribution in [-0.2, 0) is 5.41 Å². The van der Waals surface area contributed by atoms with Crippen LogP contribution in [-0.4, -0.2) is 13.1 Å². The molecule has 0 heterocycles. The van der Waals surface area contributed by atoms with Crippen LogP contribution in [0, 0.1) is 6.92 Å². The first kappa shape index (κ1) is 12.6. The average molecular weight is 221 g/mol. The smallest absolute Gasteiger partial charge is 0.410 e. The second-order valence-electron chi connectivity index (χ2n) is 4.89. The van der Waals surface area contributed by atoms with E-state index in [2.05, 4.69) is 26.1 Å². The first-order chi connectivity index (χ1) is 7.34.